The predicted molar refractivity (Wildman–Crippen MR) is 108 cm³/mol. The van der Waals surface area contributed by atoms with Crippen LogP contribution in [0, 0.1) is 0 Å². The highest BCUT2D eigenvalue weighted by atomic mass is 79.9. The maximum Gasteiger partial charge on any atom is 0.410 e. The molecule has 6 heteroatoms. The van der Waals surface area contributed by atoms with Crippen LogP contribution in [0.15, 0.2) is 22.7 Å². The second-order valence-electron chi connectivity index (χ2n) is 8.14. The molecule has 1 aromatic carbocycles. The van der Waals surface area contributed by atoms with Gasteiger partial charge in [0.25, 0.3) is 0 Å². The second kappa shape index (κ2) is 8.61. The zero-order valence-corrected chi connectivity index (χ0v) is 18.3. The average Bonchev–Trinajstić information content (AvgIpc) is 2.50. The summed E-state index contributed by atoms with van der Waals surface area (Å²) in [7, 11) is 0. The van der Waals surface area contributed by atoms with E-state index in [4.69, 9.17) is 9.47 Å². The molecule has 1 aliphatic rings. The van der Waals surface area contributed by atoms with Gasteiger partial charge in [-0.3, -0.25) is 4.90 Å². The molecule has 0 bridgehead atoms. The highest BCUT2D eigenvalue weighted by Gasteiger charge is 2.30. The molecular weight excluding hydrogens is 396 g/mol. The van der Waals surface area contributed by atoms with Crippen LogP contribution in [-0.4, -0.2) is 53.3 Å². The largest absolute Gasteiger partial charge is 0.489 e. The molecule has 1 heterocycles. The number of ether oxygens (including phenoxy) is 2. The smallest absolute Gasteiger partial charge is 0.410 e. The van der Waals surface area contributed by atoms with E-state index in [1.165, 1.54) is 0 Å². The zero-order valence-electron chi connectivity index (χ0n) is 16.7. The van der Waals surface area contributed by atoms with Crippen LogP contribution in [0.25, 0.3) is 0 Å². The predicted octanol–water partition coefficient (Wildman–Crippen LogP) is 4.68. The molecule has 1 aliphatic heterocycles. The van der Waals surface area contributed by atoms with E-state index in [-0.39, 0.29) is 18.2 Å². The molecule has 0 spiro atoms. The van der Waals surface area contributed by atoms with Gasteiger partial charge in [-0.05, 0) is 63.5 Å². The Balaban J connectivity index is 2.03. The number of benzene rings is 1. The monoisotopic (exact) mass is 426 g/mol. The molecule has 0 N–H and O–H groups in total. The van der Waals surface area contributed by atoms with E-state index >= 15 is 0 Å². The Labute approximate surface area is 165 Å². The Bertz CT molecular complexity index is 628. The highest BCUT2D eigenvalue weighted by molar-refractivity contribution is 9.10. The Morgan fingerprint density at radius 3 is 2.58 bits per heavy atom. The van der Waals surface area contributed by atoms with Gasteiger partial charge in [0.1, 0.15) is 11.4 Å². The first-order valence-electron chi connectivity index (χ1n) is 9.23. The van der Waals surface area contributed by atoms with Crippen molar-refractivity contribution in [3.63, 3.8) is 0 Å². The number of carbonyl (C=O) groups excluding carboxylic acids is 1. The summed E-state index contributed by atoms with van der Waals surface area (Å²) in [6.45, 7) is 14.9. The van der Waals surface area contributed by atoms with Crippen molar-refractivity contribution in [2.24, 2.45) is 0 Å². The molecule has 1 atom stereocenters. The van der Waals surface area contributed by atoms with Gasteiger partial charge in [-0.25, -0.2) is 4.79 Å². The number of nitrogens with zero attached hydrogens (tertiary/aromatic N) is 2. The lowest BCUT2D eigenvalue weighted by Gasteiger charge is -2.40. The van der Waals surface area contributed by atoms with Crippen molar-refractivity contribution < 1.29 is 14.3 Å². The zero-order chi connectivity index (χ0) is 19.5. The summed E-state index contributed by atoms with van der Waals surface area (Å²) in [6, 6.07) is 6.40. The molecule has 0 saturated carbocycles. The molecule has 2 rings (SSSR count). The highest BCUT2D eigenvalue weighted by Crippen LogP contribution is 2.31. The fourth-order valence-corrected chi connectivity index (χ4v) is 3.49. The third-order valence-corrected chi connectivity index (χ3v) is 4.82. The van der Waals surface area contributed by atoms with E-state index in [1.807, 2.05) is 46.8 Å². The lowest BCUT2D eigenvalue weighted by molar-refractivity contribution is 0.00444. The molecule has 26 heavy (non-hydrogen) atoms. The topological polar surface area (TPSA) is 42.0 Å². The number of para-hydroxylation sites is 1. The number of rotatable bonds is 4. The SMILES string of the molecule is CC(C)Oc1c(Br)cccc1CN1CCN(C(=O)OC(C)(C)C)C[C@H]1C. The summed E-state index contributed by atoms with van der Waals surface area (Å²) in [5.74, 6) is 0.907. The molecule has 0 radical (unpaired) electrons. The van der Waals surface area contributed by atoms with E-state index in [0.29, 0.717) is 13.1 Å². The molecular formula is C20H31BrN2O3. The van der Waals surface area contributed by atoms with E-state index in [9.17, 15) is 4.79 Å². The van der Waals surface area contributed by atoms with Gasteiger partial charge in [0.2, 0.25) is 0 Å². The summed E-state index contributed by atoms with van der Waals surface area (Å²) in [4.78, 5) is 16.5. The van der Waals surface area contributed by atoms with E-state index in [2.05, 4.69) is 33.8 Å². The van der Waals surface area contributed by atoms with Crippen molar-refractivity contribution in [3.8, 4) is 5.75 Å². The van der Waals surface area contributed by atoms with Crippen LogP contribution in [0.1, 0.15) is 47.1 Å². The molecule has 1 aromatic rings. The Kier molecular flexibility index (Phi) is 6.97. The number of piperazine rings is 1. The molecule has 0 aromatic heterocycles. The number of carbonyl (C=O) groups is 1. The number of halogens is 1. The first-order valence-corrected chi connectivity index (χ1v) is 10.0. The molecule has 1 saturated heterocycles. The summed E-state index contributed by atoms with van der Waals surface area (Å²) in [6.07, 6.45) is -0.107. The molecule has 0 aliphatic carbocycles. The second-order valence-corrected chi connectivity index (χ2v) is 8.99. The molecule has 146 valence electrons. The van der Waals surface area contributed by atoms with Gasteiger partial charge in [0.15, 0.2) is 0 Å². The van der Waals surface area contributed by atoms with Crippen LogP contribution in [0.5, 0.6) is 5.75 Å². The summed E-state index contributed by atoms with van der Waals surface area (Å²) in [5.41, 5.74) is 0.697. The third kappa shape index (κ3) is 5.88. The lowest BCUT2D eigenvalue weighted by Crippen LogP contribution is -2.54. The van der Waals surface area contributed by atoms with Crippen molar-refractivity contribution in [1.82, 2.24) is 9.80 Å². The molecule has 0 unspecified atom stereocenters. The number of amides is 1. The number of hydrogen-bond donors (Lipinski definition) is 0. The van der Waals surface area contributed by atoms with Gasteiger partial charge in [0.05, 0.1) is 10.6 Å². The van der Waals surface area contributed by atoms with Crippen LogP contribution in [0.4, 0.5) is 4.79 Å². The van der Waals surface area contributed by atoms with Crippen molar-refractivity contribution in [2.45, 2.75) is 65.8 Å². The fourth-order valence-electron chi connectivity index (χ4n) is 2.99. The quantitative estimate of drug-likeness (QED) is 0.700. The average molecular weight is 427 g/mol. The minimum absolute atomic E-state index is 0.119. The van der Waals surface area contributed by atoms with Crippen molar-refractivity contribution in [2.75, 3.05) is 19.6 Å². The van der Waals surface area contributed by atoms with Gasteiger partial charge in [-0.15, -0.1) is 0 Å². The minimum Gasteiger partial charge on any atom is -0.489 e. The van der Waals surface area contributed by atoms with Crippen LogP contribution < -0.4 is 4.74 Å². The molecule has 5 nitrogen and oxygen atoms in total. The molecule has 1 fully saturated rings. The fraction of sp³-hybridized carbons (Fsp3) is 0.650. The Morgan fingerprint density at radius 2 is 2.00 bits per heavy atom. The lowest BCUT2D eigenvalue weighted by atomic mass is 10.1. The Morgan fingerprint density at radius 1 is 1.31 bits per heavy atom. The van der Waals surface area contributed by atoms with E-state index < -0.39 is 5.60 Å². The van der Waals surface area contributed by atoms with E-state index in [1.54, 1.807) is 4.90 Å². The van der Waals surface area contributed by atoms with Crippen LogP contribution >= 0.6 is 15.9 Å². The van der Waals surface area contributed by atoms with E-state index in [0.717, 1.165) is 28.9 Å². The normalized spacial score (nSPS) is 18.9. The summed E-state index contributed by atoms with van der Waals surface area (Å²) in [5, 5.41) is 0. The van der Waals surface area contributed by atoms with Gasteiger partial charge in [0, 0.05) is 37.8 Å². The van der Waals surface area contributed by atoms with Crippen molar-refractivity contribution in [1.29, 1.82) is 0 Å². The van der Waals surface area contributed by atoms with Crippen LogP contribution in [0.3, 0.4) is 0 Å². The summed E-state index contributed by atoms with van der Waals surface area (Å²) < 4.78 is 12.5. The Hall–Kier alpha value is -1.27. The maximum absolute atomic E-state index is 12.3. The van der Waals surface area contributed by atoms with Gasteiger partial charge >= 0.3 is 6.09 Å². The minimum atomic E-state index is -0.461. The first kappa shape index (κ1) is 21.0. The van der Waals surface area contributed by atoms with Gasteiger partial charge < -0.3 is 14.4 Å². The first-order chi connectivity index (χ1) is 12.1. The standard InChI is InChI=1S/C20H31BrN2O3/c1-14(2)25-18-16(8-7-9-17(18)21)13-22-10-11-23(12-15(22)3)19(24)26-20(4,5)6/h7-9,14-15H,10-13H2,1-6H3/t15-/m1/s1. The third-order valence-electron chi connectivity index (χ3n) is 4.19. The summed E-state index contributed by atoms with van der Waals surface area (Å²) >= 11 is 3.60. The van der Waals surface area contributed by atoms with Crippen LogP contribution in [0.2, 0.25) is 0 Å². The molecule has 1 amide bonds. The maximum atomic E-state index is 12.3. The van der Waals surface area contributed by atoms with Gasteiger partial charge in [-0.2, -0.15) is 0 Å². The van der Waals surface area contributed by atoms with Crippen molar-refractivity contribution in [3.05, 3.63) is 28.2 Å². The van der Waals surface area contributed by atoms with Crippen molar-refractivity contribution >= 4 is 22.0 Å². The van der Waals surface area contributed by atoms with Gasteiger partial charge in [-0.1, -0.05) is 12.1 Å². The number of hydrogen-bond acceptors (Lipinski definition) is 4. The van der Waals surface area contributed by atoms with Crippen LogP contribution in [-0.2, 0) is 11.3 Å².